The summed E-state index contributed by atoms with van der Waals surface area (Å²) >= 11 is 0. The fourth-order valence-corrected chi connectivity index (χ4v) is 3.42. The molecule has 0 spiro atoms. The summed E-state index contributed by atoms with van der Waals surface area (Å²) in [7, 11) is 0. The molecular formula is C26H23N3O3. The number of phenols is 1. The minimum atomic E-state index is -0.387. The number of benzene rings is 3. The van der Waals surface area contributed by atoms with E-state index < -0.39 is 0 Å². The lowest BCUT2D eigenvalue weighted by molar-refractivity contribution is -0.117. The Labute approximate surface area is 185 Å². The van der Waals surface area contributed by atoms with Crippen molar-refractivity contribution in [2.75, 3.05) is 6.54 Å². The van der Waals surface area contributed by atoms with Crippen LogP contribution in [0, 0.1) is 0 Å². The molecule has 2 amide bonds. The van der Waals surface area contributed by atoms with Gasteiger partial charge in [-0.1, -0.05) is 48.5 Å². The minimum absolute atomic E-state index is 0.125. The molecule has 0 aliphatic rings. The molecule has 6 nitrogen and oxygen atoms in total. The van der Waals surface area contributed by atoms with Gasteiger partial charge in [0, 0.05) is 29.2 Å². The largest absolute Gasteiger partial charge is 0.508 e. The maximum Gasteiger partial charge on any atom is 0.267 e. The van der Waals surface area contributed by atoms with E-state index >= 15 is 0 Å². The van der Waals surface area contributed by atoms with E-state index in [0.717, 1.165) is 16.5 Å². The van der Waals surface area contributed by atoms with Gasteiger partial charge in [-0.15, -0.1) is 0 Å². The summed E-state index contributed by atoms with van der Waals surface area (Å²) in [5.41, 5.74) is 3.42. The third-order valence-electron chi connectivity index (χ3n) is 5.09. The standard InChI is InChI=1S/C26H23N3O3/c30-21-12-10-18(11-13-21)16-24(29-25(31)19-6-2-1-3-7-19)26(32)27-15-14-20-17-28-23-9-5-4-8-22(20)23/h1-13,16-17,28,30H,14-15H2,(H,27,32)(H,29,31). The van der Waals surface area contributed by atoms with Crippen molar-refractivity contribution < 1.29 is 14.7 Å². The first-order chi connectivity index (χ1) is 15.6. The smallest absolute Gasteiger partial charge is 0.267 e. The normalized spacial score (nSPS) is 11.3. The molecule has 160 valence electrons. The number of fused-ring (bicyclic) bond motifs is 1. The monoisotopic (exact) mass is 425 g/mol. The molecule has 0 unspecified atom stereocenters. The van der Waals surface area contributed by atoms with Gasteiger partial charge < -0.3 is 20.7 Å². The molecule has 0 bridgehead atoms. The molecule has 4 rings (SSSR count). The van der Waals surface area contributed by atoms with E-state index in [0.29, 0.717) is 24.1 Å². The first-order valence-corrected chi connectivity index (χ1v) is 10.3. The molecule has 0 saturated heterocycles. The van der Waals surface area contributed by atoms with E-state index in [-0.39, 0.29) is 23.3 Å². The fourth-order valence-electron chi connectivity index (χ4n) is 3.42. The van der Waals surface area contributed by atoms with Crippen LogP contribution in [0.25, 0.3) is 17.0 Å². The Morgan fingerprint density at radius 2 is 1.62 bits per heavy atom. The molecule has 0 atom stereocenters. The van der Waals surface area contributed by atoms with Crippen molar-refractivity contribution in [1.82, 2.24) is 15.6 Å². The predicted octanol–water partition coefficient (Wildman–Crippen LogP) is 4.00. The third kappa shape index (κ3) is 5.05. The number of H-pyrrole nitrogens is 1. The zero-order valence-corrected chi connectivity index (χ0v) is 17.3. The van der Waals surface area contributed by atoms with Gasteiger partial charge in [-0.3, -0.25) is 9.59 Å². The molecule has 6 heteroatoms. The maximum atomic E-state index is 12.9. The predicted molar refractivity (Wildman–Crippen MR) is 125 cm³/mol. The van der Waals surface area contributed by atoms with Crippen molar-refractivity contribution in [2.45, 2.75) is 6.42 Å². The Balaban J connectivity index is 1.48. The molecule has 1 aromatic heterocycles. The van der Waals surface area contributed by atoms with Crippen LogP contribution in [0.1, 0.15) is 21.5 Å². The number of aromatic amines is 1. The number of phenolic OH excluding ortho intramolecular Hbond substituents is 1. The second-order valence-corrected chi connectivity index (χ2v) is 7.34. The first-order valence-electron chi connectivity index (χ1n) is 10.3. The number of rotatable bonds is 7. The highest BCUT2D eigenvalue weighted by Gasteiger charge is 2.15. The highest BCUT2D eigenvalue weighted by molar-refractivity contribution is 6.05. The third-order valence-corrected chi connectivity index (χ3v) is 5.09. The van der Waals surface area contributed by atoms with Crippen LogP contribution in [0.4, 0.5) is 0 Å². The lowest BCUT2D eigenvalue weighted by atomic mass is 10.1. The van der Waals surface area contributed by atoms with Gasteiger partial charge in [0.05, 0.1) is 0 Å². The Morgan fingerprint density at radius 1 is 0.906 bits per heavy atom. The number of carbonyl (C=O) groups excluding carboxylic acids is 2. The average molecular weight is 425 g/mol. The van der Waals surface area contributed by atoms with E-state index in [4.69, 9.17) is 0 Å². The average Bonchev–Trinajstić information content (AvgIpc) is 3.23. The molecule has 3 aromatic carbocycles. The molecule has 0 saturated carbocycles. The van der Waals surface area contributed by atoms with E-state index in [1.807, 2.05) is 36.5 Å². The van der Waals surface area contributed by atoms with Crippen molar-refractivity contribution in [3.8, 4) is 5.75 Å². The van der Waals surface area contributed by atoms with Crippen LogP contribution in [0.15, 0.2) is 90.8 Å². The number of carbonyl (C=O) groups is 2. The topological polar surface area (TPSA) is 94.2 Å². The first kappa shape index (κ1) is 20.9. The van der Waals surface area contributed by atoms with Gasteiger partial charge in [0.15, 0.2) is 0 Å². The van der Waals surface area contributed by atoms with Crippen LogP contribution in [-0.2, 0) is 11.2 Å². The number of hydrogen-bond donors (Lipinski definition) is 4. The molecule has 0 aliphatic carbocycles. The second kappa shape index (κ2) is 9.66. The summed E-state index contributed by atoms with van der Waals surface area (Å²) in [6.07, 6.45) is 4.18. The summed E-state index contributed by atoms with van der Waals surface area (Å²) in [6, 6.07) is 23.1. The molecule has 4 N–H and O–H groups in total. The Bertz CT molecular complexity index is 1260. The summed E-state index contributed by atoms with van der Waals surface area (Å²) in [5, 5.41) is 16.2. The molecular weight excluding hydrogens is 402 g/mol. The SMILES string of the molecule is O=C(NCCc1c[nH]c2ccccc12)C(=Cc1ccc(O)cc1)NC(=O)c1ccccc1. The van der Waals surface area contributed by atoms with E-state index in [9.17, 15) is 14.7 Å². The highest BCUT2D eigenvalue weighted by atomic mass is 16.3. The van der Waals surface area contributed by atoms with Crippen LogP contribution >= 0.6 is 0 Å². The van der Waals surface area contributed by atoms with Crippen LogP contribution in [-0.4, -0.2) is 28.4 Å². The number of amides is 2. The van der Waals surface area contributed by atoms with Crippen LogP contribution in [0.2, 0.25) is 0 Å². The molecule has 32 heavy (non-hydrogen) atoms. The van der Waals surface area contributed by atoms with Gasteiger partial charge in [0.25, 0.3) is 11.8 Å². The molecule has 1 heterocycles. The van der Waals surface area contributed by atoms with Gasteiger partial charge in [0.1, 0.15) is 11.4 Å². The van der Waals surface area contributed by atoms with Crippen LogP contribution < -0.4 is 10.6 Å². The lowest BCUT2D eigenvalue weighted by Crippen LogP contribution is -2.35. The zero-order valence-electron chi connectivity index (χ0n) is 17.3. The number of para-hydroxylation sites is 1. The summed E-state index contributed by atoms with van der Waals surface area (Å²) in [6.45, 7) is 0.412. The fraction of sp³-hybridized carbons (Fsp3) is 0.0769. The Kier molecular flexibility index (Phi) is 6.32. The van der Waals surface area contributed by atoms with Gasteiger partial charge in [0.2, 0.25) is 0 Å². The van der Waals surface area contributed by atoms with Crippen molar-refractivity contribution in [1.29, 1.82) is 0 Å². The van der Waals surface area contributed by atoms with Gasteiger partial charge in [-0.25, -0.2) is 0 Å². The summed E-state index contributed by atoms with van der Waals surface area (Å²) < 4.78 is 0. The van der Waals surface area contributed by atoms with Crippen LogP contribution in [0.3, 0.4) is 0 Å². The van der Waals surface area contributed by atoms with Crippen molar-refractivity contribution in [3.05, 3.63) is 107 Å². The second-order valence-electron chi connectivity index (χ2n) is 7.34. The minimum Gasteiger partial charge on any atom is -0.508 e. The Hall–Kier alpha value is -4.32. The number of nitrogens with one attached hydrogen (secondary N) is 3. The maximum absolute atomic E-state index is 12.9. The van der Waals surface area contributed by atoms with Crippen molar-refractivity contribution in [3.63, 3.8) is 0 Å². The van der Waals surface area contributed by atoms with Gasteiger partial charge in [-0.2, -0.15) is 0 Å². The van der Waals surface area contributed by atoms with Crippen molar-refractivity contribution in [2.24, 2.45) is 0 Å². The summed E-state index contributed by atoms with van der Waals surface area (Å²) in [5.74, 6) is -0.634. The van der Waals surface area contributed by atoms with Gasteiger partial charge in [-0.05, 0) is 54.0 Å². The summed E-state index contributed by atoms with van der Waals surface area (Å²) in [4.78, 5) is 28.8. The lowest BCUT2D eigenvalue weighted by Gasteiger charge is -2.11. The number of aromatic nitrogens is 1. The zero-order chi connectivity index (χ0) is 22.3. The quantitative estimate of drug-likeness (QED) is 0.337. The van der Waals surface area contributed by atoms with Crippen LogP contribution in [0.5, 0.6) is 5.75 Å². The molecule has 0 aliphatic heterocycles. The van der Waals surface area contributed by atoms with E-state index in [1.165, 1.54) is 12.1 Å². The van der Waals surface area contributed by atoms with Crippen molar-refractivity contribution >= 4 is 28.8 Å². The Morgan fingerprint density at radius 3 is 2.41 bits per heavy atom. The number of hydrogen-bond acceptors (Lipinski definition) is 3. The van der Waals surface area contributed by atoms with E-state index in [1.54, 1.807) is 42.5 Å². The molecule has 0 radical (unpaired) electrons. The number of aromatic hydroxyl groups is 1. The highest BCUT2D eigenvalue weighted by Crippen LogP contribution is 2.18. The molecule has 4 aromatic rings. The van der Waals surface area contributed by atoms with E-state index in [2.05, 4.69) is 15.6 Å². The van der Waals surface area contributed by atoms with Gasteiger partial charge >= 0.3 is 0 Å². The molecule has 0 fully saturated rings.